The van der Waals surface area contributed by atoms with E-state index in [-0.39, 0.29) is 11.5 Å². The van der Waals surface area contributed by atoms with Crippen molar-refractivity contribution in [2.45, 2.75) is 33.2 Å². The Hall–Kier alpha value is -2.24. The molecule has 0 aliphatic carbocycles. The molecule has 2 rings (SSSR count). The summed E-state index contributed by atoms with van der Waals surface area (Å²) in [5, 5.41) is 16.7. The van der Waals surface area contributed by atoms with E-state index in [2.05, 4.69) is 10.3 Å². The van der Waals surface area contributed by atoms with Crippen LogP contribution < -0.4 is 0 Å². The van der Waals surface area contributed by atoms with Gasteiger partial charge in [0.05, 0.1) is 12.2 Å². The molecule has 0 amide bonds. The number of aryl methyl sites for hydroxylation is 1. The number of hydrogen-bond acceptors (Lipinski definition) is 3. The van der Waals surface area contributed by atoms with Crippen LogP contribution in [-0.4, -0.2) is 26.1 Å². The summed E-state index contributed by atoms with van der Waals surface area (Å²) in [6, 6.07) is 4.53. The number of aromatic nitrogens is 3. The Bertz CT molecular complexity index is 637. The van der Waals surface area contributed by atoms with Crippen LogP contribution in [0, 0.1) is 12.7 Å². The summed E-state index contributed by atoms with van der Waals surface area (Å²) in [5.41, 5.74) is 2.25. The predicted octanol–water partition coefficient (Wildman–Crippen LogP) is 2.42. The fourth-order valence-electron chi connectivity index (χ4n) is 2.08. The molecule has 0 atom stereocenters. The molecular weight excluding hydrogens is 261 g/mol. The van der Waals surface area contributed by atoms with Gasteiger partial charge in [-0.2, -0.15) is 0 Å². The first-order valence-corrected chi connectivity index (χ1v) is 6.43. The number of rotatable bonds is 5. The normalized spacial score (nSPS) is 10.8. The van der Waals surface area contributed by atoms with E-state index in [1.54, 1.807) is 6.07 Å². The SMILES string of the molecule is CCCc1c(C(=O)O)nnn1Cc1cc(F)ccc1C. The highest BCUT2D eigenvalue weighted by molar-refractivity contribution is 5.86. The van der Waals surface area contributed by atoms with Gasteiger partial charge in [-0.15, -0.1) is 5.10 Å². The monoisotopic (exact) mass is 277 g/mol. The second-order valence-corrected chi connectivity index (χ2v) is 4.67. The number of aromatic carboxylic acids is 1. The first kappa shape index (κ1) is 14.2. The number of hydrogen-bond donors (Lipinski definition) is 1. The van der Waals surface area contributed by atoms with Crippen molar-refractivity contribution >= 4 is 5.97 Å². The van der Waals surface area contributed by atoms with Crippen molar-refractivity contribution in [2.75, 3.05) is 0 Å². The number of carbonyl (C=O) groups is 1. The maximum atomic E-state index is 13.3. The van der Waals surface area contributed by atoms with Gasteiger partial charge in [0.2, 0.25) is 0 Å². The molecule has 0 spiro atoms. The highest BCUT2D eigenvalue weighted by Gasteiger charge is 2.18. The van der Waals surface area contributed by atoms with E-state index in [0.29, 0.717) is 18.7 Å². The summed E-state index contributed by atoms with van der Waals surface area (Å²) in [7, 11) is 0. The number of carboxylic acid groups (broad SMARTS) is 1. The van der Waals surface area contributed by atoms with E-state index in [0.717, 1.165) is 17.5 Å². The summed E-state index contributed by atoms with van der Waals surface area (Å²) in [5.74, 6) is -1.41. The molecule has 2 aromatic rings. The Kier molecular flexibility index (Phi) is 4.12. The standard InChI is InChI=1S/C14H16FN3O2/c1-3-4-12-13(14(19)20)16-17-18(12)8-10-7-11(15)6-5-9(10)2/h5-7H,3-4,8H2,1-2H3,(H,19,20). The van der Waals surface area contributed by atoms with Crippen molar-refractivity contribution in [2.24, 2.45) is 0 Å². The third-order valence-corrected chi connectivity index (χ3v) is 3.16. The first-order chi connectivity index (χ1) is 9.52. The van der Waals surface area contributed by atoms with E-state index < -0.39 is 5.97 Å². The predicted molar refractivity (Wildman–Crippen MR) is 71.2 cm³/mol. The molecule has 20 heavy (non-hydrogen) atoms. The molecular formula is C14H16FN3O2. The Labute approximate surface area is 116 Å². The molecule has 5 nitrogen and oxygen atoms in total. The van der Waals surface area contributed by atoms with E-state index in [1.807, 2.05) is 13.8 Å². The van der Waals surface area contributed by atoms with Crippen LogP contribution in [0.15, 0.2) is 18.2 Å². The Morgan fingerprint density at radius 2 is 2.20 bits per heavy atom. The van der Waals surface area contributed by atoms with Gasteiger partial charge in [0.25, 0.3) is 0 Å². The average molecular weight is 277 g/mol. The van der Waals surface area contributed by atoms with E-state index in [9.17, 15) is 9.18 Å². The molecule has 0 saturated carbocycles. The van der Waals surface area contributed by atoms with Crippen molar-refractivity contribution in [3.63, 3.8) is 0 Å². The molecule has 0 bridgehead atoms. The van der Waals surface area contributed by atoms with Gasteiger partial charge in [-0.05, 0) is 36.6 Å². The van der Waals surface area contributed by atoms with Gasteiger partial charge in [0.15, 0.2) is 5.69 Å². The lowest BCUT2D eigenvalue weighted by Gasteiger charge is -2.09. The molecule has 106 valence electrons. The highest BCUT2D eigenvalue weighted by atomic mass is 19.1. The Morgan fingerprint density at radius 1 is 1.45 bits per heavy atom. The lowest BCUT2D eigenvalue weighted by molar-refractivity contribution is 0.0689. The van der Waals surface area contributed by atoms with Crippen LogP contribution in [0.4, 0.5) is 4.39 Å². The maximum Gasteiger partial charge on any atom is 0.358 e. The van der Waals surface area contributed by atoms with Crippen LogP contribution in [0.1, 0.15) is 40.7 Å². The molecule has 1 heterocycles. The van der Waals surface area contributed by atoms with Crippen molar-refractivity contribution in [1.29, 1.82) is 0 Å². The quantitative estimate of drug-likeness (QED) is 0.911. The van der Waals surface area contributed by atoms with E-state index >= 15 is 0 Å². The molecule has 1 N–H and O–H groups in total. The Morgan fingerprint density at radius 3 is 2.85 bits per heavy atom. The minimum absolute atomic E-state index is 0.0269. The second-order valence-electron chi connectivity index (χ2n) is 4.67. The zero-order valence-electron chi connectivity index (χ0n) is 11.4. The fraction of sp³-hybridized carbons (Fsp3) is 0.357. The van der Waals surface area contributed by atoms with E-state index in [4.69, 9.17) is 5.11 Å². The summed E-state index contributed by atoms with van der Waals surface area (Å²) >= 11 is 0. The van der Waals surface area contributed by atoms with Crippen molar-refractivity contribution in [3.05, 3.63) is 46.5 Å². The van der Waals surface area contributed by atoms with Crippen molar-refractivity contribution in [3.8, 4) is 0 Å². The van der Waals surface area contributed by atoms with Crippen LogP contribution in [0.5, 0.6) is 0 Å². The van der Waals surface area contributed by atoms with Gasteiger partial charge >= 0.3 is 5.97 Å². The molecule has 0 fully saturated rings. The van der Waals surface area contributed by atoms with Gasteiger partial charge in [-0.3, -0.25) is 0 Å². The Balaban J connectivity index is 2.38. The van der Waals surface area contributed by atoms with Crippen LogP contribution >= 0.6 is 0 Å². The number of nitrogens with zero attached hydrogens (tertiary/aromatic N) is 3. The molecule has 0 aliphatic rings. The largest absolute Gasteiger partial charge is 0.476 e. The fourth-order valence-corrected chi connectivity index (χ4v) is 2.08. The van der Waals surface area contributed by atoms with Crippen molar-refractivity contribution < 1.29 is 14.3 Å². The summed E-state index contributed by atoms with van der Waals surface area (Å²) in [4.78, 5) is 11.1. The molecule has 0 aliphatic heterocycles. The summed E-state index contributed by atoms with van der Waals surface area (Å²) in [6.45, 7) is 4.15. The second kappa shape index (κ2) is 5.81. The average Bonchev–Trinajstić information content (AvgIpc) is 2.78. The molecule has 0 saturated heterocycles. The third kappa shape index (κ3) is 2.84. The molecule has 1 aromatic carbocycles. The first-order valence-electron chi connectivity index (χ1n) is 6.43. The molecule has 1 aromatic heterocycles. The lowest BCUT2D eigenvalue weighted by Crippen LogP contribution is -2.10. The topological polar surface area (TPSA) is 68.0 Å². The van der Waals surface area contributed by atoms with E-state index in [1.165, 1.54) is 16.8 Å². The minimum Gasteiger partial charge on any atom is -0.476 e. The van der Waals surface area contributed by atoms with Gasteiger partial charge in [0, 0.05) is 0 Å². The third-order valence-electron chi connectivity index (χ3n) is 3.16. The zero-order chi connectivity index (χ0) is 14.7. The van der Waals surface area contributed by atoms with Crippen LogP contribution in [-0.2, 0) is 13.0 Å². The smallest absolute Gasteiger partial charge is 0.358 e. The maximum absolute atomic E-state index is 13.3. The van der Waals surface area contributed by atoms with Gasteiger partial charge in [-0.1, -0.05) is 24.6 Å². The molecule has 0 radical (unpaired) electrons. The number of halogens is 1. The zero-order valence-corrected chi connectivity index (χ0v) is 11.4. The minimum atomic E-state index is -1.09. The summed E-state index contributed by atoms with van der Waals surface area (Å²) < 4.78 is 14.8. The van der Waals surface area contributed by atoms with Crippen LogP contribution in [0.25, 0.3) is 0 Å². The van der Waals surface area contributed by atoms with Gasteiger partial charge in [0.1, 0.15) is 5.82 Å². The summed E-state index contributed by atoms with van der Waals surface area (Å²) in [6.07, 6.45) is 1.36. The lowest BCUT2D eigenvalue weighted by atomic mass is 10.1. The molecule has 0 unspecified atom stereocenters. The van der Waals surface area contributed by atoms with Gasteiger partial charge in [-0.25, -0.2) is 13.9 Å². The number of benzene rings is 1. The number of carboxylic acids is 1. The van der Waals surface area contributed by atoms with Crippen molar-refractivity contribution in [1.82, 2.24) is 15.0 Å². The van der Waals surface area contributed by atoms with Gasteiger partial charge < -0.3 is 5.11 Å². The highest BCUT2D eigenvalue weighted by Crippen LogP contribution is 2.15. The molecule has 6 heteroatoms. The van der Waals surface area contributed by atoms with Crippen LogP contribution in [0.3, 0.4) is 0 Å². The van der Waals surface area contributed by atoms with Crippen LogP contribution in [0.2, 0.25) is 0 Å².